The molecule has 0 aliphatic heterocycles. The summed E-state index contributed by atoms with van der Waals surface area (Å²) in [6.45, 7) is 4.41. The Balaban J connectivity index is 1.59. The summed E-state index contributed by atoms with van der Waals surface area (Å²) in [5, 5.41) is 3.48. The van der Waals surface area contributed by atoms with Crippen LogP contribution in [0.4, 0.5) is 5.69 Å². The van der Waals surface area contributed by atoms with Crippen LogP contribution in [0.15, 0.2) is 76.9 Å². The molecule has 31 heavy (non-hydrogen) atoms. The molecule has 0 saturated heterocycles. The minimum Gasteiger partial charge on any atom is -0.325 e. The molecule has 0 unspecified atom stereocenters. The van der Waals surface area contributed by atoms with E-state index >= 15 is 0 Å². The number of amides is 1. The summed E-state index contributed by atoms with van der Waals surface area (Å²) in [6, 6.07) is 17.8. The van der Waals surface area contributed by atoms with E-state index in [1.807, 2.05) is 36.4 Å². The Kier molecular flexibility index (Phi) is 7.78. The summed E-state index contributed by atoms with van der Waals surface area (Å²) in [5.74, 6) is -0.0331. The molecule has 0 saturated carbocycles. The molecule has 7 nitrogen and oxygen atoms in total. The average Bonchev–Trinajstić information content (AvgIpc) is 2.79. The van der Waals surface area contributed by atoms with Crippen LogP contribution >= 0.6 is 11.8 Å². The number of thioether (sulfide) groups is 1. The van der Waals surface area contributed by atoms with Crippen LogP contribution in [0.1, 0.15) is 13.8 Å². The number of sulfonamides is 1. The largest absolute Gasteiger partial charge is 0.325 e. The Bertz CT molecular complexity index is 1120. The van der Waals surface area contributed by atoms with Crippen LogP contribution in [0.5, 0.6) is 0 Å². The number of hydrogen-bond donors (Lipinski definition) is 1. The van der Waals surface area contributed by atoms with Gasteiger partial charge >= 0.3 is 0 Å². The number of rotatable bonds is 9. The Labute approximate surface area is 187 Å². The van der Waals surface area contributed by atoms with Crippen molar-refractivity contribution < 1.29 is 13.2 Å². The number of hydrogen-bond acceptors (Lipinski definition) is 6. The molecule has 0 aliphatic carbocycles. The van der Waals surface area contributed by atoms with Gasteiger partial charge in [-0.1, -0.05) is 55.9 Å². The van der Waals surface area contributed by atoms with E-state index in [9.17, 15) is 13.2 Å². The molecule has 1 N–H and O–H groups in total. The highest BCUT2D eigenvalue weighted by atomic mass is 32.2. The number of nitrogens with one attached hydrogen (secondary N) is 1. The quantitative estimate of drug-likeness (QED) is 0.388. The maximum atomic E-state index is 12.5. The Morgan fingerprint density at radius 3 is 2.32 bits per heavy atom. The second-order valence-electron chi connectivity index (χ2n) is 6.56. The van der Waals surface area contributed by atoms with E-state index < -0.39 is 10.0 Å². The highest BCUT2D eigenvalue weighted by molar-refractivity contribution is 7.99. The van der Waals surface area contributed by atoms with Crippen LogP contribution in [0.25, 0.3) is 11.3 Å². The Morgan fingerprint density at radius 2 is 1.68 bits per heavy atom. The van der Waals surface area contributed by atoms with Crippen molar-refractivity contribution in [2.24, 2.45) is 0 Å². The maximum absolute atomic E-state index is 12.5. The van der Waals surface area contributed by atoms with Crippen LogP contribution in [0.3, 0.4) is 0 Å². The van der Waals surface area contributed by atoms with E-state index in [2.05, 4.69) is 15.3 Å². The second-order valence-corrected chi connectivity index (χ2v) is 9.49. The summed E-state index contributed by atoms with van der Waals surface area (Å²) in [5.41, 5.74) is 2.32. The molecular weight excluding hydrogens is 432 g/mol. The van der Waals surface area contributed by atoms with Crippen LogP contribution < -0.4 is 5.32 Å². The van der Waals surface area contributed by atoms with Crippen molar-refractivity contribution in [2.75, 3.05) is 24.2 Å². The predicted molar refractivity (Wildman–Crippen MR) is 123 cm³/mol. The van der Waals surface area contributed by atoms with E-state index in [1.165, 1.54) is 34.5 Å². The van der Waals surface area contributed by atoms with Gasteiger partial charge in [-0.05, 0) is 30.3 Å². The number of aromatic nitrogens is 2. The van der Waals surface area contributed by atoms with Gasteiger partial charge in [0.05, 0.1) is 16.3 Å². The van der Waals surface area contributed by atoms with E-state index in [1.54, 1.807) is 26.0 Å². The number of carbonyl (C=O) groups is 1. The lowest BCUT2D eigenvalue weighted by Gasteiger charge is -2.18. The van der Waals surface area contributed by atoms with Gasteiger partial charge in [-0.25, -0.2) is 18.4 Å². The molecule has 0 atom stereocenters. The Hall–Kier alpha value is -2.75. The summed E-state index contributed by atoms with van der Waals surface area (Å²) in [7, 11) is -3.52. The van der Waals surface area contributed by atoms with Crippen LogP contribution in [-0.2, 0) is 14.8 Å². The molecule has 162 valence electrons. The normalized spacial score (nSPS) is 11.5. The molecule has 3 aromatic rings. The summed E-state index contributed by atoms with van der Waals surface area (Å²) in [6.07, 6.45) is 1.48. The zero-order chi connectivity index (χ0) is 22.3. The van der Waals surface area contributed by atoms with Gasteiger partial charge in [-0.3, -0.25) is 4.79 Å². The third kappa shape index (κ3) is 5.90. The number of nitrogens with zero attached hydrogens (tertiary/aromatic N) is 3. The van der Waals surface area contributed by atoms with Gasteiger partial charge in [-0.15, -0.1) is 0 Å². The molecule has 2 aromatic carbocycles. The zero-order valence-electron chi connectivity index (χ0n) is 17.4. The predicted octanol–water partition coefficient (Wildman–Crippen LogP) is 3.90. The number of carbonyl (C=O) groups excluding carboxylic acids is 1. The molecular formula is C22H24N4O3S2. The molecule has 3 rings (SSSR count). The second kappa shape index (κ2) is 10.5. The fraction of sp³-hybridized carbons (Fsp3) is 0.227. The molecule has 1 amide bonds. The molecule has 0 spiro atoms. The minimum atomic E-state index is -3.52. The van der Waals surface area contributed by atoms with Crippen molar-refractivity contribution in [3.05, 3.63) is 67.0 Å². The topological polar surface area (TPSA) is 92.3 Å². The standard InChI is InChI=1S/C22H24N4O3S2/c1-3-26(4-2)31(28,29)19-12-10-18(11-13-19)25-21(27)15-30-22-14-20(23-16-24-22)17-8-6-5-7-9-17/h5-14,16H,3-4,15H2,1-2H3,(H,25,27). The molecule has 1 heterocycles. The average molecular weight is 457 g/mol. The minimum absolute atomic E-state index is 0.171. The van der Waals surface area contributed by atoms with Crippen LogP contribution in [-0.4, -0.2) is 47.4 Å². The first-order valence-corrected chi connectivity index (χ1v) is 12.3. The molecule has 9 heteroatoms. The molecule has 1 aromatic heterocycles. The lowest BCUT2D eigenvalue weighted by atomic mass is 10.1. The van der Waals surface area contributed by atoms with Gasteiger partial charge in [0.25, 0.3) is 0 Å². The lowest BCUT2D eigenvalue weighted by Crippen LogP contribution is -2.30. The first kappa shape index (κ1) is 22.9. The first-order valence-electron chi connectivity index (χ1n) is 9.84. The third-order valence-electron chi connectivity index (χ3n) is 4.54. The van der Waals surface area contributed by atoms with Crippen molar-refractivity contribution in [1.29, 1.82) is 0 Å². The first-order chi connectivity index (χ1) is 14.9. The van der Waals surface area contributed by atoms with E-state index in [4.69, 9.17) is 0 Å². The summed E-state index contributed by atoms with van der Waals surface area (Å²) < 4.78 is 26.5. The third-order valence-corrected chi connectivity index (χ3v) is 7.53. The van der Waals surface area contributed by atoms with E-state index in [0.717, 1.165) is 11.3 Å². The number of benzene rings is 2. The molecule has 0 radical (unpaired) electrons. The Morgan fingerprint density at radius 1 is 1.00 bits per heavy atom. The van der Waals surface area contributed by atoms with Gasteiger partial charge in [0, 0.05) is 24.3 Å². The van der Waals surface area contributed by atoms with Crippen LogP contribution in [0.2, 0.25) is 0 Å². The van der Waals surface area contributed by atoms with E-state index in [0.29, 0.717) is 23.8 Å². The lowest BCUT2D eigenvalue weighted by molar-refractivity contribution is -0.113. The zero-order valence-corrected chi connectivity index (χ0v) is 19.0. The smallest absolute Gasteiger partial charge is 0.243 e. The van der Waals surface area contributed by atoms with Gasteiger partial charge in [-0.2, -0.15) is 4.31 Å². The van der Waals surface area contributed by atoms with E-state index in [-0.39, 0.29) is 16.6 Å². The van der Waals surface area contributed by atoms with Crippen molar-refractivity contribution >= 4 is 33.4 Å². The fourth-order valence-corrected chi connectivity index (χ4v) is 5.07. The highest BCUT2D eigenvalue weighted by Crippen LogP contribution is 2.22. The van der Waals surface area contributed by atoms with Crippen LogP contribution in [0, 0.1) is 0 Å². The van der Waals surface area contributed by atoms with Gasteiger partial charge in [0.2, 0.25) is 15.9 Å². The summed E-state index contributed by atoms with van der Waals surface area (Å²) in [4.78, 5) is 21.0. The molecule has 0 aliphatic rings. The SMILES string of the molecule is CCN(CC)S(=O)(=O)c1ccc(NC(=O)CSc2cc(-c3ccccc3)ncn2)cc1. The number of anilines is 1. The van der Waals surface area contributed by atoms with Gasteiger partial charge in [0.1, 0.15) is 11.4 Å². The molecule has 0 bridgehead atoms. The van der Waals surface area contributed by atoms with Crippen molar-refractivity contribution in [3.63, 3.8) is 0 Å². The molecule has 0 fully saturated rings. The van der Waals surface area contributed by atoms with Crippen molar-refractivity contribution in [1.82, 2.24) is 14.3 Å². The van der Waals surface area contributed by atoms with Gasteiger partial charge < -0.3 is 5.32 Å². The summed E-state index contributed by atoms with van der Waals surface area (Å²) >= 11 is 1.31. The highest BCUT2D eigenvalue weighted by Gasteiger charge is 2.21. The van der Waals surface area contributed by atoms with Gasteiger partial charge in [0.15, 0.2) is 0 Å². The van der Waals surface area contributed by atoms with Crippen molar-refractivity contribution in [2.45, 2.75) is 23.8 Å². The maximum Gasteiger partial charge on any atom is 0.243 e. The fourth-order valence-electron chi connectivity index (χ4n) is 2.94. The van der Waals surface area contributed by atoms with Crippen molar-refractivity contribution in [3.8, 4) is 11.3 Å². The monoisotopic (exact) mass is 456 g/mol.